The van der Waals surface area contributed by atoms with Crippen molar-refractivity contribution in [2.75, 3.05) is 0 Å². The highest BCUT2D eigenvalue weighted by molar-refractivity contribution is 6.74. The van der Waals surface area contributed by atoms with E-state index < -0.39 is 8.32 Å². The molecule has 0 saturated heterocycles. The maximum atomic E-state index is 9.89. The number of aliphatic hydroxyl groups is 1. The highest BCUT2D eigenvalue weighted by atomic mass is 28.4. The summed E-state index contributed by atoms with van der Waals surface area (Å²) in [6.07, 6.45) is 7.23. The fourth-order valence-corrected chi connectivity index (χ4v) is 4.90. The summed E-state index contributed by atoms with van der Waals surface area (Å²) in [5.41, 5.74) is 0.314. The quantitative estimate of drug-likeness (QED) is 0.766. The van der Waals surface area contributed by atoms with E-state index in [1.54, 1.807) is 0 Å². The van der Waals surface area contributed by atoms with Crippen molar-refractivity contribution in [1.82, 2.24) is 0 Å². The van der Waals surface area contributed by atoms with E-state index in [9.17, 15) is 5.11 Å². The molecule has 106 valence electrons. The summed E-state index contributed by atoms with van der Waals surface area (Å²) >= 11 is 0. The smallest absolute Gasteiger partial charge is 0.192 e. The zero-order valence-corrected chi connectivity index (χ0v) is 13.8. The van der Waals surface area contributed by atoms with E-state index in [2.05, 4.69) is 33.9 Å². The molecule has 0 aliphatic heterocycles. The van der Waals surface area contributed by atoms with Crippen LogP contribution in [0, 0.1) is 5.41 Å². The zero-order valence-electron chi connectivity index (χ0n) is 12.8. The van der Waals surface area contributed by atoms with Crippen LogP contribution >= 0.6 is 0 Å². The standard InChI is InChI=1S/C15H30O2Si/c1-14(2,3)18(4,5)17-13-7-6-9-15(13)10-8-12(16)11-15/h12-13,16H,6-11H2,1-5H3/t12-,13-,15-/m0/s1. The lowest BCUT2D eigenvalue weighted by Crippen LogP contribution is -2.47. The third kappa shape index (κ3) is 2.54. The van der Waals surface area contributed by atoms with Gasteiger partial charge in [-0.25, -0.2) is 0 Å². The van der Waals surface area contributed by atoms with Gasteiger partial charge in [0.1, 0.15) is 0 Å². The largest absolute Gasteiger partial charge is 0.413 e. The molecular weight excluding hydrogens is 240 g/mol. The summed E-state index contributed by atoms with van der Waals surface area (Å²) in [5, 5.41) is 10.2. The molecule has 3 heteroatoms. The van der Waals surface area contributed by atoms with Crippen LogP contribution in [0.4, 0.5) is 0 Å². The first-order chi connectivity index (χ1) is 8.16. The summed E-state index contributed by atoms with van der Waals surface area (Å²) in [6, 6.07) is 0. The van der Waals surface area contributed by atoms with Crippen molar-refractivity contribution in [2.45, 2.75) is 89.6 Å². The Morgan fingerprint density at radius 1 is 1.17 bits per heavy atom. The lowest BCUT2D eigenvalue weighted by atomic mass is 9.82. The van der Waals surface area contributed by atoms with Crippen LogP contribution in [0.2, 0.25) is 18.1 Å². The van der Waals surface area contributed by atoms with Gasteiger partial charge in [-0.2, -0.15) is 0 Å². The van der Waals surface area contributed by atoms with E-state index >= 15 is 0 Å². The minimum atomic E-state index is -1.67. The normalized spacial score (nSPS) is 37.7. The molecule has 1 spiro atoms. The average Bonchev–Trinajstić information content (AvgIpc) is 2.74. The lowest BCUT2D eigenvalue weighted by Gasteiger charge is -2.43. The molecule has 2 aliphatic rings. The van der Waals surface area contributed by atoms with E-state index in [1.165, 1.54) is 25.7 Å². The number of rotatable bonds is 2. The Morgan fingerprint density at radius 3 is 2.33 bits per heavy atom. The first-order valence-corrected chi connectivity index (χ1v) is 10.4. The second kappa shape index (κ2) is 4.60. The van der Waals surface area contributed by atoms with Crippen LogP contribution < -0.4 is 0 Å². The number of hydrogen-bond acceptors (Lipinski definition) is 2. The van der Waals surface area contributed by atoms with Crippen molar-refractivity contribution < 1.29 is 9.53 Å². The summed E-state index contributed by atoms with van der Waals surface area (Å²) in [6.45, 7) is 11.6. The Bertz CT molecular complexity index is 308. The number of hydrogen-bond donors (Lipinski definition) is 1. The maximum Gasteiger partial charge on any atom is 0.192 e. The minimum absolute atomic E-state index is 0.0754. The predicted octanol–water partition coefficient (Wildman–Crippen LogP) is 4.09. The Kier molecular flexibility index (Phi) is 3.72. The van der Waals surface area contributed by atoms with Crippen LogP contribution in [0.3, 0.4) is 0 Å². The van der Waals surface area contributed by atoms with Crippen molar-refractivity contribution in [3.05, 3.63) is 0 Å². The Balaban J connectivity index is 2.09. The first-order valence-electron chi connectivity index (χ1n) is 7.52. The van der Waals surface area contributed by atoms with Gasteiger partial charge in [-0.15, -0.1) is 0 Å². The van der Waals surface area contributed by atoms with Gasteiger partial charge in [0.15, 0.2) is 8.32 Å². The van der Waals surface area contributed by atoms with E-state index in [4.69, 9.17) is 4.43 Å². The monoisotopic (exact) mass is 270 g/mol. The molecule has 18 heavy (non-hydrogen) atoms. The molecule has 2 nitrogen and oxygen atoms in total. The minimum Gasteiger partial charge on any atom is -0.413 e. The zero-order chi connectivity index (χ0) is 13.6. The second-order valence-corrected chi connectivity index (χ2v) is 12.8. The molecule has 0 heterocycles. The van der Waals surface area contributed by atoms with E-state index in [0.717, 1.165) is 12.8 Å². The summed E-state index contributed by atoms with van der Waals surface area (Å²) < 4.78 is 6.68. The van der Waals surface area contributed by atoms with Crippen LogP contribution in [-0.4, -0.2) is 25.6 Å². The summed E-state index contributed by atoms with van der Waals surface area (Å²) in [5.74, 6) is 0. The van der Waals surface area contributed by atoms with Gasteiger partial charge in [-0.05, 0) is 55.7 Å². The highest BCUT2D eigenvalue weighted by Gasteiger charge is 2.51. The molecule has 0 aromatic rings. The molecule has 2 fully saturated rings. The third-order valence-electron chi connectivity index (χ3n) is 5.68. The predicted molar refractivity (Wildman–Crippen MR) is 78.2 cm³/mol. The highest BCUT2D eigenvalue weighted by Crippen LogP contribution is 2.53. The molecule has 0 unspecified atom stereocenters. The van der Waals surface area contributed by atoms with Gasteiger partial charge in [0.2, 0.25) is 0 Å². The maximum absolute atomic E-state index is 9.89. The Labute approximate surface area is 113 Å². The molecule has 2 aliphatic carbocycles. The van der Waals surface area contributed by atoms with Gasteiger partial charge in [0.05, 0.1) is 12.2 Å². The molecule has 2 saturated carbocycles. The van der Waals surface area contributed by atoms with E-state index in [-0.39, 0.29) is 11.1 Å². The van der Waals surface area contributed by atoms with Crippen molar-refractivity contribution in [2.24, 2.45) is 5.41 Å². The number of aliphatic hydroxyl groups excluding tert-OH is 1. The topological polar surface area (TPSA) is 29.5 Å². The van der Waals surface area contributed by atoms with Gasteiger partial charge < -0.3 is 9.53 Å². The fourth-order valence-electron chi connectivity index (χ4n) is 3.47. The summed E-state index contributed by atoms with van der Waals surface area (Å²) in [4.78, 5) is 0. The molecule has 2 rings (SSSR count). The second-order valence-electron chi connectivity index (χ2n) is 8.02. The molecule has 0 aromatic carbocycles. The molecule has 0 aromatic heterocycles. The molecular formula is C15H30O2Si. The van der Waals surface area contributed by atoms with Crippen LogP contribution in [0.1, 0.15) is 59.3 Å². The lowest BCUT2D eigenvalue weighted by molar-refractivity contribution is 0.0535. The van der Waals surface area contributed by atoms with Crippen LogP contribution in [0.25, 0.3) is 0 Å². The first kappa shape index (κ1) is 14.5. The van der Waals surface area contributed by atoms with Gasteiger partial charge in [-0.3, -0.25) is 0 Å². The Morgan fingerprint density at radius 2 is 1.83 bits per heavy atom. The van der Waals surface area contributed by atoms with Gasteiger partial charge in [0.25, 0.3) is 0 Å². The molecule has 0 amide bonds. The van der Waals surface area contributed by atoms with Crippen molar-refractivity contribution in [3.63, 3.8) is 0 Å². The van der Waals surface area contributed by atoms with Gasteiger partial charge in [0, 0.05) is 0 Å². The molecule has 3 atom stereocenters. The molecule has 1 N–H and O–H groups in total. The van der Waals surface area contributed by atoms with Crippen LogP contribution in [0.5, 0.6) is 0 Å². The summed E-state index contributed by atoms with van der Waals surface area (Å²) in [7, 11) is -1.67. The van der Waals surface area contributed by atoms with Crippen LogP contribution in [-0.2, 0) is 4.43 Å². The average molecular weight is 270 g/mol. The molecule has 0 bridgehead atoms. The SMILES string of the molecule is CC(C)(C)[Si](C)(C)O[C@H]1CCC[C@@]12CC[C@H](O)C2. The van der Waals surface area contributed by atoms with Crippen molar-refractivity contribution >= 4 is 8.32 Å². The van der Waals surface area contributed by atoms with Crippen molar-refractivity contribution in [3.8, 4) is 0 Å². The fraction of sp³-hybridized carbons (Fsp3) is 1.00. The van der Waals surface area contributed by atoms with Gasteiger partial charge in [-0.1, -0.05) is 27.2 Å². The van der Waals surface area contributed by atoms with Crippen LogP contribution in [0.15, 0.2) is 0 Å². The molecule has 0 radical (unpaired) electrons. The van der Waals surface area contributed by atoms with E-state index in [0.29, 0.717) is 11.5 Å². The Hall–Kier alpha value is 0.137. The van der Waals surface area contributed by atoms with Gasteiger partial charge >= 0.3 is 0 Å². The van der Waals surface area contributed by atoms with Crippen molar-refractivity contribution in [1.29, 1.82) is 0 Å². The van der Waals surface area contributed by atoms with E-state index in [1.807, 2.05) is 0 Å². The third-order valence-corrected chi connectivity index (χ3v) is 10.2.